The van der Waals surface area contributed by atoms with Crippen molar-refractivity contribution in [3.8, 4) is 0 Å². The maximum atomic E-state index is 11.8. The quantitative estimate of drug-likeness (QED) is 0.611. The molecule has 0 saturated carbocycles. The van der Waals surface area contributed by atoms with E-state index in [-0.39, 0.29) is 13.2 Å². The van der Waals surface area contributed by atoms with E-state index in [0.29, 0.717) is 0 Å². The van der Waals surface area contributed by atoms with Gasteiger partial charge in [0.05, 0.1) is 13.2 Å². The summed E-state index contributed by atoms with van der Waals surface area (Å²) in [4.78, 5) is 0. The first-order valence-corrected chi connectivity index (χ1v) is 8.01. The number of rotatable bonds is 8. The molecule has 15 heavy (non-hydrogen) atoms. The van der Waals surface area contributed by atoms with Crippen LogP contribution >= 0.6 is 7.60 Å². The monoisotopic (exact) mass is 260 g/mol. The summed E-state index contributed by atoms with van der Waals surface area (Å²) in [5.41, 5.74) is -0.643. The second-order valence-electron chi connectivity index (χ2n) is 2.73. The number of hydrogen-bond donors (Lipinski definition) is 0. The lowest BCUT2D eigenvalue weighted by atomic mass is 10.9. The van der Waals surface area contributed by atoms with Crippen molar-refractivity contribution in [2.45, 2.75) is 13.8 Å². The lowest BCUT2D eigenvalue weighted by Gasteiger charge is -2.16. The molecule has 0 aliphatic heterocycles. The van der Waals surface area contributed by atoms with Gasteiger partial charge in [0.1, 0.15) is 5.94 Å². The lowest BCUT2D eigenvalue weighted by molar-refractivity contribution is 0.222. The van der Waals surface area contributed by atoms with Crippen LogP contribution in [0.25, 0.3) is 0 Å². The first-order chi connectivity index (χ1) is 6.89. The van der Waals surface area contributed by atoms with E-state index in [4.69, 9.17) is 9.05 Å². The van der Waals surface area contributed by atoms with Gasteiger partial charge >= 0.3 is 7.60 Å². The Bertz CT molecular complexity index is 301. The summed E-state index contributed by atoms with van der Waals surface area (Å²) in [5, 5.41) is 0. The van der Waals surface area contributed by atoms with Crippen LogP contribution in [-0.4, -0.2) is 40.2 Å². The molecule has 0 spiro atoms. The van der Waals surface area contributed by atoms with Crippen LogP contribution in [-0.2, 0) is 28.2 Å². The summed E-state index contributed by atoms with van der Waals surface area (Å²) in [6.45, 7) is 3.52. The third-order valence-corrected chi connectivity index (χ3v) is 6.04. The molecule has 6 nitrogen and oxygen atoms in total. The highest BCUT2D eigenvalue weighted by Gasteiger charge is 2.31. The zero-order chi connectivity index (χ0) is 11.9. The number of hydrogen-bond acceptors (Lipinski definition) is 6. The van der Waals surface area contributed by atoms with Crippen molar-refractivity contribution >= 4 is 17.4 Å². The Kier molecular flexibility index (Phi) is 6.63. The Morgan fingerprint density at radius 3 is 1.93 bits per heavy atom. The maximum absolute atomic E-state index is 11.8. The summed E-state index contributed by atoms with van der Waals surface area (Å²) in [6, 6.07) is 0. The van der Waals surface area contributed by atoms with Crippen molar-refractivity contribution in [1.29, 1.82) is 0 Å². The average Bonchev–Trinajstić information content (AvgIpc) is 2.02. The molecule has 0 heterocycles. The predicted molar refractivity (Wildman–Crippen MR) is 56.5 cm³/mol. The van der Waals surface area contributed by atoms with Gasteiger partial charge in [-0.15, -0.1) is 0 Å². The molecule has 8 heteroatoms. The van der Waals surface area contributed by atoms with Crippen molar-refractivity contribution in [3.05, 3.63) is 0 Å². The molecule has 0 aromatic carbocycles. The molecule has 0 rings (SSSR count). The van der Waals surface area contributed by atoms with Crippen LogP contribution in [0, 0.1) is 0 Å². The molecule has 0 N–H and O–H groups in total. The van der Waals surface area contributed by atoms with Crippen molar-refractivity contribution in [1.82, 2.24) is 0 Å². The van der Waals surface area contributed by atoms with Crippen LogP contribution < -0.4 is 0 Å². The largest absolute Gasteiger partial charge is 0.369 e. The van der Waals surface area contributed by atoms with Gasteiger partial charge < -0.3 is 13.8 Å². The standard InChI is InChI=1S/C7H17O6PS/c1-4-12-14(8,13-5-2)7-15(9,10)6-11-3/h4-7H2,1-3H3. The summed E-state index contributed by atoms with van der Waals surface area (Å²) in [7, 11) is -5.85. The van der Waals surface area contributed by atoms with Crippen molar-refractivity contribution < 1.29 is 26.8 Å². The van der Waals surface area contributed by atoms with Gasteiger partial charge in [0.25, 0.3) is 0 Å². The second kappa shape index (κ2) is 6.60. The van der Waals surface area contributed by atoms with E-state index in [1.165, 1.54) is 7.11 Å². The average molecular weight is 260 g/mol. The molecular weight excluding hydrogens is 243 g/mol. The predicted octanol–water partition coefficient (Wildman–Crippen LogP) is 1.23. The van der Waals surface area contributed by atoms with Gasteiger partial charge in [-0.3, -0.25) is 4.57 Å². The highest BCUT2D eigenvalue weighted by Crippen LogP contribution is 2.49. The highest BCUT2D eigenvalue weighted by atomic mass is 32.2. The van der Waals surface area contributed by atoms with E-state index in [2.05, 4.69) is 4.74 Å². The molecule has 0 unspecified atom stereocenters. The first-order valence-electron chi connectivity index (χ1n) is 4.46. The van der Waals surface area contributed by atoms with Crippen LogP contribution in [0.4, 0.5) is 0 Å². The van der Waals surface area contributed by atoms with E-state index in [9.17, 15) is 13.0 Å². The van der Waals surface area contributed by atoms with Crippen molar-refractivity contribution in [2.75, 3.05) is 31.8 Å². The third kappa shape index (κ3) is 6.27. The molecule has 0 fully saturated rings. The Balaban J connectivity index is 4.61. The number of ether oxygens (including phenoxy) is 1. The molecule has 92 valence electrons. The zero-order valence-corrected chi connectivity index (χ0v) is 10.8. The normalized spacial score (nSPS) is 13.0. The van der Waals surface area contributed by atoms with Gasteiger partial charge in [0, 0.05) is 7.11 Å². The van der Waals surface area contributed by atoms with Gasteiger partial charge in [-0.2, -0.15) is 0 Å². The first kappa shape index (κ1) is 15.1. The number of sulfone groups is 1. The minimum Gasteiger partial charge on any atom is -0.369 e. The van der Waals surface area contributed by atoms with Crippen LogP contribution in [0.1, 0.15) is 13.8 Å². The Hall–Kier alpha value is 0.0600. The van der Waals surface area contributed by atoms with E-state index in [1.54, 1.807) is 13.8 Å². The molecule has 0 atom stereocenters. The van der Waals surface area contributed by atoms with Crippen molar-refractivity contribution in [2.24, 2.45) is 0 Å². The molecule has 0 bridgehead atoms. The molecule has 0 aromatic heterocycles. The fourth-order valence-corrected chi connectivity index (χ4v) is 5.01. The van der Waals surface area contributed by atoms with Gasteiger partial charge in [0.2, 0.25) is 0 Å². The Labute approximate surface area is 90.4 Å². The van der Waals surface area contributed by atoms with Crippen LogP contribution in [0.3, 0.4) is 0 Å². The van der Waals surface area contributed by atoms with Crippen LogP contribution in [0.5, 0.6) is 0 Å². The molecule has 0 aliphatic carbocycles. The van der Waals surface area contributed by atoms with E-state index < -0.39 is 28.9 Å². The molecular formula is C7H17O6PS. The zero-order valence-electron chi connectivity index (χ0n) is 9.13. The molecule has 0 amide bonds. The minimum atomic E-state index is -3.57. The lowest BCUT2D eigenvalue weighted by Crippen LogP contribution is -2.15. The minimum absolute atomic E-state index is 0.139. The van der Waals surface area contributed by atoms with Gasteiger partial charge in [-0.1, -0.05) is 0 Å². The smallest absolute Gasteiger partial charge is 0.345 e. The third-order valence-electron chi connectivity index (χ3n) is 1.30. The summed E-state index contributed by atoms with van der Waals surface area (Å²) >= 11 is 0. The number of methoxy groups -OCH3 is 1. The maximum Gasteiger partial charge on any atom is 0.345 e. The highest BCUT2D eigenvalue weighted by molar-refractivity contribution is 7.97. The van der Waals surface area contributed by atoms with Gasteiger partial charge in [0.15, 0.2) is 15.3 Å². The van der Waals surface area contributed by atoms with Crippen LogP contribution in [0.15, 0.2) is 0 Å². The van der Waals surface area contributed by atoms with E-state index in [1.807, 2.05) is 0 Å². The van der Waals surface area contributed by atoms with E-state index in [0.717, 1.165) is 0 Å². The fraction of sp³-hybridized carbons (Fsp3) is 1.00. The van der Waals surface area contributed by atoms with Crippen LogP contribution in [0.2, 0.25) is 0 Å². The SMILES string of the molecule is CCOP(=O)(CS(=O)(=O)COC)OCC. The summed E-state index contributed by atoms with van der Waals surface area (Å²) in [5.74, 6) is -0.489. The fourth-order valence-electron chi connectivity index (χ4n) is 0.963. The topological polar surface area (TPSA) is 78.9 Å². The Morgan fingerprint density at radius 1 is 1.13 bits per heavy atom. The molecule has 0 saturated heterocycles. The second-order valence-corrected chi connectivity index (χ2v) is 7.22. The van der Waals surface area contributed by atoms with Crippen molar-refractivity contribution in [3.63, 3.8) is 0 Å². The van der Waals surface area contributed by atoms with E-state index >= 15 is 0 Å². The van der Waals surface area contributed by atoms with Gasteiger partial charge in [-0.25, -0.2) is 8.42 Å². The molecule has 0 aromatic rings. The summed E-state index contributed by atoms with van der Waals surface area (Å²) < 4.78 is 48.7. The summed E-state index contributed by atoms with van der Waals surface area (Å²) in [6.07, 6.45) is 0. The molecule has 0 radical (unpaired) electrons. The molecule has 0 aliphatic rings. The van der Waals surface area contributed by atoms with Gasteiger partial charge in [-0.05, 0) is 13.8 Å². The Morgan fingerprint density at radius 2 is 1.60 bits per heavy atom.